The van der Waals surface area contributed by atoms with Crippen LogP contribution in [-0.4, -0.2) is 35.7 Å². The van der Waals surface area contributed by atoms with Crippen LogP contribution in [0.3, 0.4) is 0 Å². The van der Waals surface area contributed by atoms with E-state index in [0.717, 1.165) is 16.7 Å². The number of hydrogen-bond donors (Lipinski definition) is 2. The first kappa shape index (κ1) is 18.1. The standard InChI is InChI=1S/C15H26N2O3S/c1-11(10-20-5)8-17-21(18,19)15-7-14(9-16-4)6-12(2)13(15)3/h6-7,11,16-17H,8-10H2,1-5H3. The Bertz CT molecular complexity index is 571. The van der Waals surface area contributed by atoms with Gasteiger partial charge in [-0.05, 0) is 49.6 Å². The first-order valence-corrected chi connectivity index (χ1v) is 8.53. The smallest absolute Gasteiger partial charge is 0.240 e. The zero-order valence-corrected chi connectivity index (χ0v) is 14.3. The molecule has 0 amide bonds. The van der Waals surface area contributed by atoms with Crippen LogP contribution in [0.4, 0.5) is 0 Å². The van der Waals surface area contributed by atoms with Gasteiger partial charge in [0, 0.05) is 26.8 Å². The van der Waals surface area contributed by atoms with Crippen LogP contribution in [0.25, 0.3) is 0 Å². The second-order valence-electron chi connectivity index (χ2n) is 5.48. The molecule has 0 aliphatic rings. The molecule has 0 saturated carbocycles. The molecule has 0 saturated heterocycles. The fraction of sp³-hybridized carbons (Fsp3) is 0.600. The molecule has 5 nitrogen and oxygen atoms in total. The van der Waals surface area contributed by atoms with Crippen LogP contribution >= 0.6 is 0 Å². The Morgan fingerprint density at radius 1 is 1.29 bits per heavy atom. The van der Waals surface area contributed by atoms with Crippen molar-refractivity contribution < 1.29 is 13.2 Å². The van der Waals surface area contributed by atoms with Gasteiger partial charge in [0.25, 0.3) is 0 Å². The maximum absolute atomic E-state index is 12.5. The molecule has 0 aliphatic carbocycles. The van der Waals surface area contributed by atoms with Gasteiger partial charge in [0.1, 0.15) is 0 Å². The van der Waals surface area contributed by atoms with E-state index in [9.17, 15) is 8.42 Å². The summed E-state index contributed by atoms with van der Waals surface area (Å²) in [6.45, 7) is 7.25. The number of hydrogen-bond acceptors (Lipinski definition) is 4. The Labute approximate surface area is 128 Å². The third-order valence-corrected chi connectivity index (χ3v) is 4.97. The molecular weight excluding hydrogens is 288 g/mol. The number of benzene rings is 1. The molecule has 21 heavy (non-hydrogen) atoms. The molecule has 0 aliphatic heterocycles. The van der Waals surface area contributed by atoms with E-state index in [2.05, 4.69) is 10.0 Å². The molecule has 1 aromatic rings. The lowest BCUT2D eigenvalue weighted by Crippen LogP contribution is -2.30. The Morgan fingerprint density at radius 2 is 1.95 bits per heavy atom. The normalized spacial score (nSPS) is 13.4. The average molecular weight is 314 g/mol. The van der Waals surface area contributed by atoms with Crippen LogP contribution < -0.4 is 10.0 Å². The predicted octanol–water partition coefficient (Wildman–Crippen LogP) is 1.58. The largest absolute Gasteiger partial charge is 0.384 e. The van der Waals surface area contributed by atoms with Crippen molar-refractivity contribution in [1.29, 1.82) is 0 Å². The third-order valence-electron chi connectivity index (χ3n) is 3.42. The van der Waals surface area contributed by atoms with E-state index in [1.807, 2.05) is 33.9 Å². The van der Waals surface area contributed by atoms with Gasteiger partial charge in [-0.3, -0.25) is 0 Å². The van der Waals surface area contributed by atoms with Crippen LogP contribution in [0, 0.1) is 19.8 Å². The Hall–Kier alpha value is -0.950. The van der Waals surface area contributed by atoms with E-state index < -0.39 is 10.0 Å². The van der Waals surface area contributed by atoms with Crippen molar-refractivity contribution >= 4 is 10.0 Å². The van der Waals surface area contributed by atoms with Crippen molar-refractivity contribution in [3.05, 3.63) is 28.8 Å². The molecule has 120 valence electrons. The monoisotopic (exact) mass is 314 g/mol. The minimum Gasteiger partial charge on any atom is -0.384 e. The number of methoxy groups -OCH3 is 1. The molecule has 1 rings (SSSR count). The number of sulfonamides is 1. The van der Waals surface area contributed by atoms with Crippen molar-refractivity contribution in [3.63, 3.8) is 0 Å². The molecule has 6 heteroatoms. The van der Waals surface area contributed by atoms with Crippen molar-refractivity contribution in [1.82, 2.24) is 10.0 Å². The van der Waals surface area contributed by atoms with Gasteiger partial charge >= 0.3 is 0 Å². The lowest BCUT2D eigenvalue weighted by atomic mass is 10.1. The molecule has 1 unspecified atom stereocenters. The van der Waals surface area contributed by atoms with Crippen molar-refractivity contribution in [2.45, 2.75) is 32.2 Å². The SMILES string of the molecule is CNCc1cc(C)c(C)c(S(=O)(=O)NCC(C)COC)c1. The number of ether oxygens (including phenoxy) is 1. The molecule has 0 heterocycles. The summed E-state index contributed by atoms with van der Waals surface area (Å²) in [5, 5.41) is 3.04. The van der Waals surface area contributed by atoms with E-state index >= 15 is 0 Å². The van der Waals surface area contributed by atoms with Gasteiger partial charge < -0.3 is 10.1 Å². The second-order valence-corrected chi connectivity index (χ2v) is 7.21. The van der Waals surface area contributed by atoms with E-state index in [-0.39, 0.29) is 5.92 Å². The van der Waals surface area contributed by atoms with Gasteiger partial charge in [-0.25, -0.2) is 13.1 Å². The summed E-state index contributed by atoms with van der Waals surface area (Å²) in [4.78, 5) is 0.359. The van der Waals surface area contributed by atoms with Crippen LogP contribution in [0.5, 0.6) is 0 Å². The van der Waals surface area contributed by atoms with Crippen molar-refractivity contribution in [3.8, 4) is 0 Å². The lowest BCUT2D eigenvalue weighted by molar-refractivity contribution is 0.161. The topological polar surface area (TPSA) is 67.4 Å². The molecule has 0 radical (unpaired) electrons. The van der Waals surface area contributed by atoms with Crippen molar-refractivity contribution in [2.75, 3.05) is 27.3 Å². The summed E-state index contributed by atoms with van der Waals surface area (Å²) in [6, 6.07) is 3.75. The second kappa shape index (κ2) is 7.89. The molecule has 1 atom stereocenters. The zero-order valence-electron chi connectivity index (χ0n) is 13.5. The molecule has 0 fully saturated rings. The van der Waals surface area contributed by atoms with Gasteiger partial charge in [-0.2, -0.15) is 0 Å². The summed E-state index contributed by atoms with van der Waals surface area (Å²) >= 11 is 0. The summed E-state index contributed by atoms with van der Waals surface area (Å²) in [6.07, 6.45) is 0. The van der Waals surface area contributed by atoms with E-state index in [1.165, 1.54) is 0 Å². The first-order chi connectivity index (χ1) is 9.81. The molecular formula is C15H26N2O3S. The van der Waals surface area contributed by atoms with Crippen LogP contribution in [0.2, 0.25) is 0 Å². The van der Waals surface area contributed by atoms with Gasteiger partial charge in [0.15, 0.2) is 0 Å². The number of rotatable bonds is 8. The van der Waals surface area contributed by atoms with E-state index in [4.69, 9.17) is 4.74 Å². The summed E-state index contributed by atoms with van der Waals surface area (Å²) in [7, 11) is -0.0488. The molecule has 0 aromatic heterocycles. The highest BCUT2D eigenvalue weighted by Crippen LogP contribution is 2.21. The molecule has 0 bridgehead atoms. The van der Waals surface area contributed by atoms with E-state index in [0.29, 0.717) is 24.6 Å². The van der Waals surface area contributed by atoms with Crippen molar-refractivity contribution in [2.24, 2.45) is 5.92 Å². The lowest BCUT2D eigenvalue weighted by Gasteiger charge is -2.15. The van der Waals surface area contributed by atoms with E-state index in [1.54, 1.807) is 13.2 Å². The first-order valence-electron chi connectivity index (χ1n) is 7.05. The third kappa shape index (κ3) is 5.07. The van der Waals surface area contributed by atoms with Gasteiger partial charge in [-0.15, -0.1) is 0 Å². The summed E-state index contributed by atoms with van der Waals surface area (Å²) in [5.41, 5.74) is 2.74. The summed E-state index contributed by atoms with van der Waals surface area (Å²) < 4.78 is 32.7. The Kier molecular flexibility index (Phi) is 6.80. The molecule has 2 N–H and O–H groups in total. The Balaban J connectivity index is 3.01. The minimum atomic E-state index is -3.50. The predicted molar refractivity (Wildman–Crippen MR) is 84.9 cm³/mol. The highest BCUT2D eigenvalue weighted by molar-refractivity contribution is 7.89. The summed E-state index contributed by atoms with van der Waals surface area (Å²) in [5.74, 6) is 0.131. The Morgan fingerprint density at radius 3 is 2.52 bits per heavy atom. The maximum Gasteiger partial charge on any atom is 0.240 e. The molecule has 1 aromatic carbocycles. The highest BCUT2D eigenvalue weighted by Gasteiger charge is 2.19. The number of aryl methyl sites for hydroxylation is 1. The maximum atomic E-state index is 12.5. The van der Waals surface area contributed by atoms with Gasteiger partial charge in [0.05, 0.1) is 4.90 Å². The fourth-order valence-electron chi connectivity index (χ4n) is 2.16. The van der Waals surface area contributed by atoms with Gasteiger partial charge in [0.2, 0.25) is 10.0 Å². The molecule has 0 spiro atoms. The van der Waals surface area contributed by atoms with Gasteiger partial charge in [-0.1, -0.05) is 13.0 Å². The highest BCUT2D eigenvalue weighted by atomic mass is 32.2. The quantitative estimate of drug-likeness (QED) is 0.764. The number of nitrogens with one attached hydrogen (secondary N) is 2. The minimum absolute atomic E-state index is 0.131. The average Bonchev–Trinajstić information content (AvgIpc) is 2.41. The zero-order chi connectivity index (χ0) is 16.0. The fourth-order valence-corrected chi connectivity index (χ4v) is 3.69. The van der Waals surface area contributed by atoms with Crippen LogP contribution in [0.1, 0.15) is 23.6 Å². The van der Waals surface area contributed by atoms with Crippen LogP contribution in [-0.2, 0) is 21.3 Å². The van der Waals surface area contributed by atoms with Crippen LogP contribution in [0.15, 0.2) is 17.0 Å².